The van der Waals surface area contributed by atoms with Crippen LogP contribution < -0.4 is 10.1 Å². The fourth-order valence-corrected chi connectivity index (χ4v) is 2.74. The van der Waals surface area contributed by atoms with Crippen molar-refractivity contribution in [3.8, 4) is 11.8 Å². The van der Waals surface area contributed by atoms with E-state index in [1.54, 1.807) is 25.1 Å². The van der Waals surface area contributed by atoms with Gasteiger partial charge in [-0.2, -0.15) is 5.26 Å². The largest absolute Gasteiger partial charge is 0.496 e. The van der Waals surface area contributed by atoms with Crippen molar-refractivity contribution in [2.45, 2.75) is 6.92 Å². The second-order valence-corrected chi connectivity index (χ2v) is 6.13. The van der Waals surface area contributed by atoms with Gasteiger partial charge in [0, 0.05) is 17.8 Å². The highest BCUT2D eigenvalue weighted by Gasteiger charge is 2.13. The van der Waals surface area contributed by atoms with Gasteiger partial charge in [-0.15, -0.1) is 0 Å². The van der Waals surface area contributed by atoms with Crippen LogP contribution in [0.4, 0.5) is 11.4 Å². The van der Waals surface area contributed by atoms with Crippen LogP contribution in [0.2, 0.25) is 0 Å². The lowest BCUT2D eigenvalue weighted by Gasteiger charge is -2.08. The number of carbonyl (C=O) groups is 1. The molecule has 0 bridgehead atoms. The number of carbonyl (C=O) groups excluding carboxylic acids is 1. The van der Waals surface area contributed by atoms with E-state index in [-0.39, 0.29) is 11.3 Å². The van der Waals surface area contributed by atoms with Gasteiger partial charge in [0.1, 0.15) is 17.4 Å². The predicted molar refractivity (Wildman–Crippen MR) is 101 cm³/mol. The summed E-state index contributed by atoms with van der Waals surface area (Å²) in [6.07, 6.45) is 1.44. The molecule has 132 valence electrons. The van der Waals surface area contributed by atoms with E-state index in [2.05, 4.69) is 21.2 Å². The molecule has 0 radical (unpaired) electrons. The Balaban J connectivity index is 2.25. The predicted octanol–water partition coefficient (Wildman–Crippen LogP) is 4.22. The normalized spacial score (nSPS) is 10.8. The minimum atomic E-state index is -0.601. The van der Waals surface area contributed by atoms with E-state index in [0.717, 1.165) is 0 Å². The van der Waals surface area contributed by atoms with E-state index in [1.807, 2.05) is 6.07 Å². The Morgan fingerprint density at radius 3 is 2.62 bits per heavy atom. The fraction of sp³-hybridized carbons (Fsp3) is 0.111. The molecule has 1 amide bonds. The average Bonchev–Trinajstić information content (AvgIpc) is 2.61. The van der Waals surface area contributed by atoms with Gasteiger partial charge in [0.15, 0.2) is 0 Å². The zero-order valence-corrected chi connectivity index (χ0v) is 15.5. The van der Waals surface area contributed by atoms with Gasteiger partial charge >= 0.3 is 0 Å². The van der Waals surface area contributed by atoms with Crippen molar-refractivity contribution < 1.29 is 14.5 Å². The van der Waals surface area contributed by atoms with Gasteiger partial charge in [0.2, 0.25) is 0 Å². The molecule has 8 heteroatoms. The standard InChI is InChI=1S/C18H14BrN3O4/c1-11-7-14(22(24)25)4-5-16(11)21-18(23)13(10-20)8-12-3-6-17(26-2)15(19)9-12/h3-9H,1-2H3,(H,21,23)/b13-8+. The van der Waals surface area contributed by atoms with Crippen molar-refractivity contribution in [3.05, 3.63) is 67.7 Å². The van der Waals surface area contributed by atoms with Crippen LogP contribution in [0.25, 0.3) is 6.08 Å². The topological polar surface area (TPSA) is 105 Å². The molecular weight excluding hydrogens is 402 g/mol. The van der Waals surface area contributed by atoms with Gasteiger partial charge in [0.05, 0.1) is 16.5 Å². The number of benzene rings is 2. The molecular formula is C18H14BrN3O4. The number of hydrogen-bond donors (Lipinski definition) is 1. The highest BCUT2D eigenvalue weighted by atomic mass is 79.9. The second kappa shape index (κ2) is 8.27. The van der Waals surface area contributed by atoms with E-state index in [4.69, 9.17) is 4.74 Å². The number of ether oxygens (including phenoxy) is 1. The lowest BCUT2D eigenvalue weighted by atomic mass is 10.1. The molecule has 0 aliphatic heterocycles. The Bertz CT molecular complexity index is 948. The highest BCUT2D eigenvalue weighted by molar-refractivity contribution is 9.10. The third-order valence-electron chi connectivity index (χ3n) is 3.52. The number of nitro benzene ring substituents is 1. The molecule has 0 saturated heterocycles. The van der Waals surface area contributed by atoms with Gasteiger partial charge in [-0.05, 0) is 58.3 Å². The third kappa shape index (κ3) is 4.46. The van der Waals surface area contributed by atoms with E-state index in [1.165, 1.54) is 31.4 Å². The highest BCUT2D eigenvalue weighted by Crippen LogP contribution is 2.27. The number of amides is 1. The molecule has 2 aromatic rings. The van der Waals surface area contributed by atoms with Crippen LogP contribution in [0.5, 0.6) is 5.75 Å². The first kappa shape index (κ1) is 19.1. The monoisotopic (exact) mass is 415 g/mol. The number of anilines is 1. The lowest BCUT2D eigenvalue weighted by molar-refractivity contribution is -0.384. The summed E-state index contributed by atoms with van der Waals surface area (Å²) in [5.41, 5.74) is 1.40. The zero-order chi connectivity index (χ0) is 19.3. The van der Waals surface area contributed by atoms with Crippen molar-refractivity contribution in [2.75, 3.05) is 12.4 Å². The van der Waals surface area contributed by atoms with E-state index in [9.17, 15) is 20.2 Å². The summed E-state index contributed by atoms with van der Waals surface area (Å²) in [6.45, 7) is 1.64. The minimum absolute atomic E-state index is 0.0698. The molecule has 1 N–H and O–H groups in total. The smallest absolute Gasteiger partial charge is 0.269 e. The van der Waals surface area contributed by atoms with Gasteiger partial charge in [-0.1, -0.05) is 6.07 Å². The molecule has 2 rings (SSSR count). The van der Waals surface area contributed by atoms with Crippen molar-refractivity contribution in [1.82, 2.24) is 0 Å². The molecule has 26 heavy (non-hydrogen) atoms. The Labute approximate surface area is 158 Å². The number of halogens is 1. The van der Waals surface area contributed by atoms with Gasteiger partial charge in [-0.25, -0.2) is 0 Å². The summed E-state index contributed by atoms with van der Waals surface area (Å²) in [4.78, 5) is 22.6. The SMILES string of the molecule is COc1ccc(/C=C(\C#N)C(=O)Nc2ccc([N+](=O)[O-])cc2C)cc1Br. The number of nitrogens with zero attached hydrogens (tertiary/aromatic N) is 2. The number of nitro groups is 1. The summed E-state index contributed by atoms with van der Waals surface area (Å²) in [6, 6.07) is 11.1. The third-order valence-corrected chi connectivity index (χ3v) is 4.14. The maximum Gasteiger partial charge on any atom is 0.269 e. The molecule has 0 heterocycles. The number of hydrogen-bond acceptors (Lipinski definition) is 5. The van der Waals surface area contributed by atoms with Crippen LogP contribution in [-0.2, 0) is 4.79 Å². The van der Waals surface area contributed by atoms with E-state index >= 15 is 0 Å². The van der Waals surface area contributed by atoms with Crippen LogP contribution in [0.3, 0.4) is 0 Å². The quantitative estimate of drug-likeness (QED) is 0.340. The van der Waals surface area contributed by atoms with Gasteiger partial charge in [-0.3, -0.25) is 14.9 Å². The van der Waals surface area contributed by atoms with Gasteiger partial charge in [0.25, 0.3) is 11.6 Å². The maximum absolute atomic E-state index is 12.4. The number of nitrogens with one attached hydrogen (secondary N) is 1. The molecule has 0 unspecified atom stereocenters. The first-order valence-electron chi connectivity index (χ1n) is 7.37. The number of aryl methyl sites for hydroxylation is 1. The molecule has 7 nitrogen and oxygen atoms in total. The maximum atomic E-state index is 12.4. The molecule has 2 aromatic carbocycles. The lowest BCUT2D eigenvalue weighted by Crippen LogP contribution is -2.14. The zero-order valence-electron chi connectivity index (χ0n) is 13.9. The van der Waals surface area contributed by atoms with Crippen molar-refractivity contribution in [2.24, 2.45) is 0 Å². The van der Waals surface area contributed by atoms with Crippen LogP contribution in [-0.4, -0.2) is 17.9 Å². The average molecular weight is 416 g/mol. The molecule has 0 fully saturated rings. The molecule has 0 aliphatic carbocycles. The summed E-state index contributed by atoms with van der Waals surface area (Å²) >= 11 is 3.35. The Morgan fingerprint density at radius 2 is 2.08 bits per heavy atom. The first-order valence-corrected chi connectivity index (χ1v) is 8.16. The number of non-ortho nitro benzene ring substituents is 1. The molecule has 0 aromatic heterocycles. The van der Waals surface area contributed by atoms with Crippen LogP contribution in [0, 0.1) is 28.4 Å². The number of methoxy groups -OCH3 is 1. The number of nitriles is 1. The second-order valence-electron chi connectivity index (χ2n) is 5.27. The minimum Gasteiger partial charge on any atom is -0.496 e. The molecule has 0 atom stereocenters. The summed E-state index contributed by atoms with van der Waals surface area (Å²) in [7, 11) is 1.54. The fourth-order valence-electron chi connectivity index (χ4n) is 2.18. The van der Waals surface area contributed by atoms with Crippen molar-refractivity contribution in [3.63, 3.8) is 0 Å². The summed E-state index contributed by atoms with van der Waals surface area (Å²) < 4.78 is 5.83. The van der Waals surface area contributed by atoms with E-state index in [0.29, 0.717) is 27.0 Å². The number of rotatable bonds is 5. The Kier molecular flexibility index (Phi) is 6.09. The Morgan fingerprint density at radius 1 is 1.35 bits per heavy atom. The van der Waals surface area contributed by atoms with Crippen LogP contribution in [0.1, 0.15) is 11.1 Å². The summed E-state index contributed by atoms with van der Waals surface area (Å²) in [5.74, 6) is 0.0306. The molecule has 0 saturated carbocycles. The molecule has 0 aliphatic rings. The summed E-state index contributed by atoms with van der Waals surface area (Å²) in [5, 5.41) is 22.7. The van der Waals surface area contributed by atoms with Crippen molar-refractivity contribution in [1.29, 1.82) is 5.26 Å². The van der Waals surface area contributed by atoms with Crippen LogP contribution in [0.15, 0.2) is 46.4 Å². The van der Waals surface area contributed by atoms with E-state index < -0.39 is 10.8 Å². The molecule has 0 spiro atoms. The van der Waals surface area contributed by atoms with Gasteiger partial charge < -0.3 is 10.1 Å². The Hall–Kier alpha value is -3.18. The first-order chi connectivity index (χ1) is 12.3. The van der Waals surface area contributed by atoms with Crippen LogP contribution >= 0.6 is 15.9 Å². The van der Waals surface area contributed by atoms with Crippen molar-refractivity contribution >= 4 is 39.3 Å².